The van der Waals surface area contributed by atoms with Crippen LogP contribution >= 0.6 is 15.9 Å². The number of rotatable bonds is 4. The van der Waals surface area contributed by atoms with Gasteiger partial charge in [0.05, 0.1) is 5.92 Å². The lowest BCUT2D eigenvalue weighted by Crippen LogP contribution is -2.28. The standard InChI is InChI=1S/C12H12BrN3O3/c1-7-9(3-5-11(17)18)12(19)16(15-7)10-4-2-8(13)6-14-10/h2,4,6,9H,3,5H2,1H3,(H,17,18). The number of pyridine rings is 1. The molecule has 1 aliphatic rings. The van der Waals surface area contributed by atoms with Crippen LogP contribution in [0.4, 0.5) is 5.82 Å². The summed E-state index contributed by atoms with van der Waals surface area (Å²) in [4.78, 5) is 26.9. The maximum atomic E-state index is 12.2. The van der Waals surface area contributed by atoms with Crippen molar-refractivity contribution in [3.8, 4) is 0 Å². The number of anilines is 1. The van der Waals surface area contributed by atoms with Crippen molar-refractivity contribution in [2.24, 2.45) is 11.0 Å². The molecule has 1 aliphatic heterocycles. The molecule has 2 rings (SSSR count). The van der Waals surface area contributed by atoms with Gasteiger partial charge >= 0.3 is 5.97 Å². The first-order valence-electron chi connectivity index (χ1n) is 5.71. The van der Waals surface area contributed by atoms with E-state index in [0.717, 1.165) is 4.47 Å². The zero-order chi connectivity index (χ0) is 14.0. The molecule has 0 bridgehead atoms. The quantitative estimate of drug-likeness (QED) is 0.918. The molecule has 0 fully saturated rings. The molecule has 0 aliphatic carbocycles. The average Bonchev–Trinajstić information content (AvgIpc) is 2.63. The van der Waals surface area contributed by atoms with Gasteiger partial charge in [-0.05, 0) is 41.4 Å². The summed E-state index contributed by atoms with van der Waals surface area (Å²) in [5, 5.41) is 14.1. The van der Waals surface area contributed by atoms with Gasteiger partial charge in [0.25, 0.3) is 5.91 Å². The predicted molar refractivity (Wildman–Crippen MR) is 72.9 cm³/mol. The third-order valence-corrected chi connectivity index (χ3v) is 3.31. The molecular weight excluding hydrogens is 314 g/mol. The molecule has 1 atom stereocenters. The predicted octanol–water partition coefficient (Wildman–Crippen LogP) is 2.05. The molecule has 1 unspecified atom stereocenters. The van der Waals surface area contributed by atoms with Gasteiger partial charge in [0.15, 0.2) is 5.82 Å². The molecule has 7 heteroatoms. The van der Waals surface area contributed by atoms with Crippen molar-refractivity contribution in [1.82, 2.24) is 4.98 Å². The molecule has 0 radical (unpaired) electrons. The van der Waals surface area contributed by atoms with Gasteiger partial charge in [-0.15, -0.1) is 0 Å². The fourth-order valence-electron chi connectivity index (χ4n) is 1.86. The largest absolute Gasteiger partial charge is 0.481 e. The SMILES string of the molecule is CC1=NN(c2ccc(Br)cn2)C(=O)C1CCC(=O)O. The van der Waals surface area contributed by atoms with Gasteiger partial charge in [0.1, 0.15) is 0 Å². The van der Waals surface area contributed by atoms with Crippen molar-refractivity contribution in [2.45, 2.75) is 19.8 Å². The summed E-state index contributed by atoms with van der Waals surface area (Å²) < 4.78 is 0.811. The van der Waals surface area contributed by atoms with Crippen molar-refractivity contribution in [3.63, 3.8) is 0 Å². The third-order valence-electron chi connectivity index (χ3n) is 2.84. The topological polar surface area (TPSA) is 82.9 Å². The maximum Gasteiger partial charge on any atom is 0.303 e. The minimum atomic E-state index is -0.916. The fraction of sp³-hybridized carbons (Fsp3) is 0.333. The molecule has 1 aromatic rings. The molecule has 1 N–H and O–H groups in total. The van der Waals surface area contributed by atoms with Crippen molar-refractivity contribution in [1.29, 1.82) is 0 Å². The molecule has 0 saturated heterocycles. The van der Waals surface area contributed by atoms with Crippen LogP contribution in [0.5, 0.6) is 0 Å². The Labute approximate surface area is 118 Å². The number of nitrogens with zero attached hydrogens (tertiary/aromatic N) is 3. The number of amides is 1. The van der Waals surface area contributed by atoms with Crippen LogP contribution in [0.3, 0.4) is 0 Å². The summed E-state index contributed by atoms with van der Waals surface area (Å²) in [6, 6.07) is 3.45. The van der Waals surface area contributed by atoms with E-state index >= 15 is 0 Å². The van der Waals surface area contributed by atoms with E-state index in [-0.39, 0.29) is 18.7 Å². The number of hydrogen-bond donors (Lipinski definition) is 1. The highest BCUT2D eigenvalue weighted by Crippen LogP contribution is 2.25. The highest BCUT2D eigenvalue weighted by Gasteiger charge is 2.34. The minimum Gasteiger partial charge on any atom is -0.481 e. The number of hydrogen-bond acceptors (Lipinski definition) is 4. The highest BCUT2D eigenvalue weighted by atomic mass is 79.9. The van der Waals surface area contributed by atoms with Gasteiger partial charge < -0.3 is 5.11 Å². The molecule has 0 aromatic carbocycles. The average molecular weight is 326 g/mol. The van der Waals surface area contributed by atoms with Gasteiger partial charge in [-0.1, -0.05) is 0 Å². The zero-order valence-corrected chi connectivity index (χ0v) is 11.8. The van der Waals surface area contributed by atoms with E-state index in [2.05, 4.69) is 26.0 Å². The van der Waals surface area contributed by atoms with E-state index in [9.17, 15) is 9.59 Å². The van der Waals surface area contributed by atoms with E-state index in [0.29, 0.717) is 11.5 Å². The number of hydrazone groups is 1. The first kappa shape index (κ1) is 13.7. The maximum absolute atomic E-state index is 12.2. The Kier molecular flexibility index (Phi) is 3.94. The number of aromatic nitrogens is 1. The number of carbonyl (C=O) groups is 2. The van der Waals surface area contributed by atoms with Crippen LogP contribution in [0.2, 0.25) is 0 Å². The lowest BCUT2D eigenvalue weighted by molar-refractivity contribution is -0.137. The van der Waals surface area contributed by atoms with Crippen LogP contribution in [0.1, 0.15) is 19.8 Å². The van der Waals surface area contributed by atoms with E-state index in [1.54, 1.807) is 25.3 Å². The number of carboxylic acid groups (broad SMARTS) is 1. The minimum absolute atomic E-state index is 0.0507. The van der Waals surface area contributed by atoms with Gasteiger partial charge in [0.2, 0.25) is 0 Å². The Morgan fingerprint density at radius 2 is 2.26 bits per heavy atom. The van der Waals surface area contributed by atoms with Crippen LogP contribution in [-0.2, 0) is 9.59 Å². The van der Waals surface area contributed by atoms with Gasteiger partial charge in [0, 0.05) is 22.8 Å². The monoisotopic (exact) mass is 325 g/mol. The number of aliphatic carboxylic acids is 1. The fourth-order valence-corrected chi connectivity index (χ4v) is 2.10. The normalized spacial score (nSPS) is 18.6. The van der Waals surface area contributed by atoms with Crippen LogP contribution in [0.15, 0.2) is 27.9 Å². The van der Waals surface area contributed by atoms with Crippen LogP contribution in [0.25, 0.3) is 0 Å². The molecule has 1 aromatic heterocycles. The Morgan fingerprint density at radius 3 is 2.84 bits per heavy atom. The summed E-state index contributed by atoms with van der Waals surface area (Å²) in [5.41, 5.74) is 0.621. The van der Waals surface area contributed by atoms with E-state index in [1.165, 1.54) is 5.01 Å². The Bertz CT molecular complexity index is 542. The summed E-state index contributed by atoms with van der Waals surface area (Å²) >= 11 is 3.27. The molecule has 2 heterocycles. The van der Waals surface area contributed by atoms with Gasteiger partial charge in [-0.3, -0.25) is 9.59 Å². The van der Waals surface area contributed by atoms with Gasteiger partial charge in [-0.25, -0.2) is 4.98 Å². The molecular formula is C12H12BrN3O3. The number of halogens is 1. The summed E-state index contributed by atoms with van der Waals surface area (Å²) in [5.74, 6) is -1.18. The molecule has 6 nitrogen and oxygen atoms in total. The van der Waals surface area contributed by atoms with E-state index < -0.39 is 11.9 Å². The van der Waals surface area contributed by atoms with Crippen molar-refractivity contribution < 1.29 is 14.7 Å². The Hall–Kier alpha value is -1.76. The van der Waals surface area contributed by atoms with Crippen LogP contribution in [-0.4, -0.2) is 27.7 Å². The number of carbonyl (C=O) groups excluding carboxylic acids is 1. The highest BCUT2D eigenvalue weighted by molar-refractivity contribution is 9.10. The Balaban J connectivity index is 2.15. The zero-order valence-electron chi connectivity index (χ0n) is 10.2. The van der Waals surface area contributed by atoms with Crippen LogP contribution < -0.4 is 5.01 Å². The Morgan fingerprint density at radius 1 is 1.53 bits per heavy atom. The summed E-state index contributed by atoms with van der Waals surface area (Å²) in [7, 11) is 0. The van der Waals surface area contributed by atoms with Crippen molar-refractivity contribution in [2.75, 3.05) is 5.01 Å². The first-order valence-corrected chi connectivity index (χ1v) is 6.50. The summed E-state index contributed by atoms with van der Waals surface area (Å²) in [6.07, 6.45) is 1.79. The molecule has 1 amide bonds. The van der Waals surface area contributed by atoms with Crippen molar-refractivity contribution in [3.05, 3.63) is 22.8 Å². The molecule has 19 heavy (non-hydrogen) atoms. The molecule has 0 spiro atoms. The van der Waals surface area contributed by atoms with Gasteiger partial charge in [-0.2, -0.15) is 10.1 Å². The second-order valence-electron chi connectivity index (χ2n) is 4.21. The second-order valence-corrected chi connectivity index (χ2v) is 5.13. The second kappa shape index (κ2) is 5.48. The van der Waals surface area contributed by atoms with E-state index in [4.69, 9.17) is 5.11 Å². The van der Waals surface area contributed by atoms with Crippen molar-refractivity contribution >= 4 is 39.3 Å². The lowest BCUT2D eigenvalue weighted by Gasteiger charge is -2.12. The molecule has 0 saturated carbocycles. The smallest absolute Gasteiger partial charge is 0.303 e. The number of carboxylic acids is 1. The third kappa shape index (κ3) is 2.98. The van der Waals surface area contributed by atoms with Crippen LogP contribution in [0, 0.1) is 5.92 Å². The van der Waals surface area contributed by atoms with E-state index in [1.807, 2.05) is 0 Å². The first-order chi connectivity index (χ1) is 8.99. The molecule has 100 valence electrons. The summed E-state index contributed by atoms with van der Waals surface area (Å²) in [6.45, 7) is 1.73. The lowest BCUT2D eigenvalue weighted by atomic mass is 9.98.